The SMILES string of the molecule is CC(C)(C)c1cnc([C@@H]2CCCN2)[nH]1.Cl. The summed E-state index contributed by atoms with van der Waals surface area (Å²) in [4.78, 5) is 7.87. The predicted molar refractivity (Wildman–Crippen MR) is 64.5 cm³/mol. The second-order valence-electron chi connectivity index (χ2n) is 5.08. The van der Waals surface area contributed by atoms with E-state index < -0.39 is 0 Å². The van der Waals surface area contributed by atoms with Gasteiger partial charge in [0.25, 0.3) is 0 Å². The van der Waals surface area contributed by atoms with Crippen molar-refractivity contribution in [2.24, 2.45) is 0 Å². The molecule has 2 rings (SSSR count). The topological polar surface area (TPSA) is 40.7 Å². The van der Waals surface area contributed by atoms with Gasteiger partial charge in [-0.25, -0.2) is 4.98 Å². The van der Waals surface area contributed by atoms with Crippen LogP contribution in [0.3, 0.4) is 0 Å². The molecule has 1 aliphatic heterocycles. The summed E-state index contributed by atoms with van der Waals surface area (Å²) in [5.74, 6) is 1.10. The molecule has 86 valence electrons. The number of nitrogens with zero attached hydrogens (tertiary/aromatic N) is 1. The van der Waals surface area contributed by atoms with Crippen molar-refractivity contribution in [3.8, 4) is 0 Å². The van der Waals surface area contributed by atoms with E-state index in [9.17, 15) is 0 Å². The highest BCUT2D eigenvalue weighted by Crippen LogP contribution is 2.24. The third-order valence-corrected chi connectivity index (χ3v) is 2.79. The Hall–Kier alpha value is -0.540. The molecule has 1 aromatic heterocycles. The van der Waals surface area contributed by atoms with Gasteiger partial charge in [0, 0.05) is 17.3 Å². The molecule has 1 aliphatic rings. The first kappa shape index (κ1) is 12.5. The van der Waals surface area contributed by atoms with Gasteiger partial charge in [0.1, 0.15) is 5.82 Å². The van der Waals surface area contributed by atoms with Crippen molar-refractivity contribution in [2.45, 2.75) is 45.1 Å². The Balaban J connectivity index is 0.00000112. The molecule has 0 bridgehead atoms. The average molecular weight is 230 g/mol. The van der Waals surface area contributed by atoms with E-state index >= 15 is 0 Å². The van der Waals surface area contributed by atoms with E-state index in [-0.39, 0.29) is 17.8 Å². The van der Waals surface area contributed by atoms with Gasteiger partial charge in [-0.15, -0.1) is 12.4 Å². The molecule has 2 N–H and O–H groups in total. The van der Waals surface area contributed by atoms with Gasteiger partial charge in [-0.1, -0.05) is 20.8 Å². The summed E-state index contributed by atoms with van der Waals surface area (Å²) in [5, 5.41) is 3.44. The second kappa shape index (κ2) is 4.54. The fraction of sp³-hybridized carbons (Fsp3) is 0.727. The van der Waals surface area contributed by atoms with Crippen molar-refractivity contribution < 1.29 is 0 Å². The maximum atomic E-state index is 4.45. The van der Waals surface area contributed by atoms with Crippen LogP contribution in [-0.4, -0.2) is 16.5 Å². The molecule has 1 aromatic rings. The second-order valence-corrected chi connectivity index (χ2v) is 5.08. The molecule has 0 aliphatic carbocycles. The number of imidazole rings is 1. The molecule has 0 unspecified atom stereocenters. The zero-order valence-corrected chi connectivity index (χ0v) is 10.4. The van der Waals surface area contributed by atoms with Gasteiger partial charge in [0.05, 0.1) is 6.04 Å². The van der Waals surface area contributed by atoms with Crippen LogP contribution in [-0.2, 0) is 5.41 Å². The van der Waals surface area contributed by atoms with E-state index in [1.54, 1.807) is 0 Å². The summed E-state index contributed by atoms with van der Waals surface area (Å²) in [6.07, 6.45) is 4.43. The minimum atomic E-state index is 0. The lowest BCUT2D eigenvalue weighted by Gasteiger charge is -2.15. The van der Waals surface area contributed by atoms with Crippen molar-refractivity contribution in [3.05, 3.63) is 17.7 Å². The Morgan fingerprint density at radius 1 is 1.40 bits per heavy atom. The number of H-pyrrole nitrogens is 1. The van der Waals surface area contributed by atoms with Gasteiger partial charge in [-0.2, -0.15) is 0 Å². The third-order valence-electron chi connectivity index (χ3n) is 2.79. The van der Waals surface area contributed by atoms with Crippen LogP contribution in [0.25, 0.3) is 0 Å². The Kier molecular flexibility index (Phi) is 3.79. The van der Waals surface area contributed by atoms with Crippen molar-refractivity contribution >= 4 is 12.4 Å². The summed E-state index contributed by atoms with van der Waals surface area (Å²) >= 11 is 0. The highest BCUT2D eigenvalue weighted by atomic mass is 35.5. The van der Waals surface area contributed by atoms with Gasteiger partial charge in [0.15, 0.2) is 0 Å². The summed E-state index contributed by atoms with van der Waals surface area (Å²) in [5.41, 5.74) is 1.39. The van der Waals surface area contributed by atoms with E-state index in [0.29, 0.717) is 6.04 Å². The van der Waals surface area contributed by atoms with Crippen LogP contribution >= 0.6 is 12.4 Å². The van der Waals surface area contributed by atoms with Crippen LogP contribution in [0.15, 0.2) is 6.20 Å². The number of rotatable bonds is 1. The molecule has 0 aromatic carbocycles. The molecule has 2 heterocycles. The number of hydrogen-bond donors (Lipinski definition) is 2. The molecule has 1 saturated heterocycles. The number of aromatic amines is 1. The fourth-order valence-corrected chi connectivity index (χ4v) is 1.81. The number of hydrogen-bond acceptors (Lipinski definition) is 2. The van der Waals surface area contributed by atoms with Gasteiger partial charge < -0.3 is 10.3 Å². The Morgan fingerprint density at radius 2 is 2.13 bits per heavy atom. The van der Waals surface area contributed by atoms with E-state index in [1.807, 2.05) is 6.20 Å². The quantitative estimate of drug-likeness (QED) is 0.777. The molecule has 0 saturated carbocycles. The van der Waals surface area contributed by atoms with Crippen LogP contribution < -0.4 is 5.32 Å². The van der Waals surface area contributed by atoms with Crippen molar-refractivity contribution in [3.63, 3.8) is 0 Å². The molecule has 3 nitrogen and oxygen atoms in total. The first-order valence-electron chi connectivity index (χ1n) is 5.36. The van der Waals surface area contributed by atoms with E-state index in [2.05, 4.69) is 36.1 Å². The van der Waals surface area contributed by atoms with Crippen LogP contribution in [0.5, 0.6) is 0 Å². The smallest absolute Gasteiger partial charge is 0.123 e. The molecule has 4 heteroatoms. The first-order valence-corrected chi connectivity index (χ1v) is 5.36. The largest absolute Gasteiger partial charge is 0.344 e. The lowest BCUT2D eigenvalue weighted by atomic mass is 9.93. The molecule has 0 spiro atoms. The Morgan fingerprint density at radius 3 is 2.60 bits per heavy atom. The zero-order valence-electron chi connectivity index (χ0n) is 9.63. The normalized spacial score (nSPS) is 21.4. The lowest BCUT2D eigenvalue weighted by Crippen LogP contribution is -2.15. The highest BCUT2D eigenvalue weighted by molar-refractivity contribution is 5.85. The molecule has 0 amide bonds. The molecular formula is C11H20ClN3. The lowest BCUT2D eigenvalue weighted by molar-refractivity contribution is 0.561. The van der Waals surface area contributed by atoms with Gasteiger partial charge in [0.2, 0.25) is 0 Å². The van der Waals surface area contributed by atoms with Crippen LogP contribution in [0.4, 0.5) is 0 Å². The summed E-state index contributed by atoms with van der Waals surface area (Å²) in [6, 6.07) is 0.450. The van der Waals surface area contributed by atoms with Crippen LogP contribution in [0.1, 0.15) is 51.2 Å². The van der Waals surface area contributed by atoms with E-state index in [4.69, 9.17) is 0 Å². The van der Waals surface area contributed by atoms with Crippen molar-refractivity contribution in [2.75, 3.05) is 6.54 Å². The minimum Gasteiger partial charge on any atom is -0.344 e. The van der Waals surface area contributed by atoms with Crippen molar-refractivity contribution in [1.29, 1.82) is 0 Å². The Bertz CT molecular complexity index is 308. The Labute approximate surface area is 97.5 Å². The molecule has 1 atom stereocenters. The van der Waals surface area contributed by atoms with Crippen molar-refractivity contribution in [1.82, 2.24) is 15.3 Å². The molecule has 15 heavy (non-hydrogen) atoms. The highest BCUT2D eigenvalue weighted by Gasteiger charge is 2.22. The van der Waals surface area contributed by atoms with Gasteiger partial charge in [-0.3, -0.25) is 0 Å². The van der Waals surface area contributed by atoms with Gasteiger partial charge in [-0.05, 0) is 19.4 Å². The standard InChI is InChI=1S/C11H19N3.ClH/c1-11(2,3)9-7-13-10(14-9)8-5-4-6-12-8;/h7-8,12H,4-6H2,1-3H3,(H,13,14);1H/t8-;/m0./s1. The number of halogens is 1. The van der Waals surface area contributed by atoms with E-state index in [1.165, 1.54) is 18.5 Å². The average Bonchev–Trinajstić information content (AvgIpc) is 2.73. The maximum Gasteiger partial charge on any atom is 0.123 e. The minimum absolute atomic E-state index is 0. The molecular weight excluding hydrogens is 210 g/mol. The van der Waals surface area contributed by atoms with Crippen LogP contribution in [0, 0.1) is 0 Å². The summed E-state index contributed by atoms with van der Waals surface area (Å²) < 4.78 is 0. The summed E-state index contributed by atoms with van der Waals surface area (Å²) in [6.45, 7) is 7.72. The molecule has 0 radical (unpaired) electrons. The third kappa shape index (κ3) is 2.73. The zero-order chi connectivity index (χ0) is 10.2. The number of aromatic nitrogens is 2. The summed E-state index contributed by atoms with van der Waals surface area (Å²) in [7, 11) is 0. The number of nitrogens with one attached hydrogen (secondary N) is 2. The monoisotopic (exact) mass is 229 g/mol. The van der Waals surface area contributed by atoms with E-state index in [0.717, 1.165) is 12.4 Å². The van der Waals surface area contributed by atoms with Crippen LogP contribution in [0.2, 0.25) is 0 Å². The van der Waals surface area contributed by atoms with Gasteiger partial charge >= 0.3 is 0 Å². The maximum absolute atomic E-state index is 4.45. The first-order chi connectivity index (χ1) is 6.57. The predicted octanol–water partition coefficient (Wildman–Crippen LogP) is 2.55. The molecule has 1 fully saturated rings. The fourth-order valence-electron chi connectivity index (χ4n) is 1.81.